The standard InChI is InChI=1S/C11H15ClN4O.C8H8N2S.C2H6.CH3F/c1-8-5-10(12)13-14-11(8)15-3-4-16(7-17)9(2)6-15;1-9-8-10-6-4-2-3-5-7(6)11-8;2*1-2/h5,7,9H,3-4,6H2,1-2H3;2-5H,1H3,(H,9,10);1-2H3;1H3. The monoisotopic (exact) mass is 482 g/mol. The Labute approximate surface area is 198 Å². The molecule has 1 aromatic carbocycles. The second-order valence-corrected chi connectivity index (χ2v) is 7.97. The molecule has 7 nitrogen and oxygen atoms in total. The number of fused-ring (bicyclic) bond motifs is 1. The lowest BCUT2D eigenvalue weighted by Crippen LogP contribution is -2.51. The highest BCUT2D eigenvalue weighted by molar-refractivity contribution is 7.22. The van der Waals surface area contributed by atoms with Gasteiger partial charge in [-0.05, 0) is 37.6 Å². The van der Waals surface area contributed by atoms with Crippen molar-refractivity contribution < 1.29 is 9.18 Å². The number of piperazine rings is 1. The third-order valence-corrected chi connectivity index (χ3v) is 5.79. The lowest BCUT2D eigenvalue weighted by molar-refractivity contribution is -0.120. The number of hydrogen-bond acceptors (Lipinski definition) is 7. The van der Waals surface area contributed by atoms with Crippen LogP contribution in [0.5, 0.6) is 0 Å². The molecule has 1 aliphatic rings. The molecule has 176 valence electrons. The van der Waals surface area contributed by atoms with E-state index in [1.54, 1.807) is 22.3 Å². The van der Waals surface area contributed by atoms with Crippen molar-refractivity contribution in [3.8, 4) is 0 Å². The van der Waals surface area contributed by atoms with Crippen molar-refractivity contribution >= 4 is 50.5 Å². The van der Waals surface area contributed by atoms with Gasteiger partial charge < -0.3 is 15.1 Å². The molecule has 1 atom stereocenters. The number of carbonyl (C=O) groups excluding carboxylic acids is 1. The van der Waals surface area contributed by atoms with E-state index in [1.807, 2.05) is 52.9 Å². The molecule has 0 bridgehead atoms. The number of amides is 1. The molecule has 1 amide bonds. The van der Waals surface area contributed by atoms with Crippen molar-refractivity contribution in [2.24, 2.45) is 0 Å². The largest absolute Gasteiger partial charge is 0.365 e. The molecular weight excluding hydrogens is 451 g/mol. The van der Waals surface area contributed by atoms with Gasteiger partial charge in [-0.2, -0.15) is 0 Å². The maximum absolute atomic E-state index is 10.8. The molecule has 32 heavy (non-hydrogen) atoms. The number of halogens is 2. The zero-order valence-electron chi connectivity index (χ0n) is 19.5. The summed E-state index contributed by atoms with van der Waals surface area (Å²) in [7, 11) is 2.39. The number of rotatable bonds is 3. The number of para-hydroxylation sites is 1. The van der Waals surface area contributed by atoms with E-state index in [2.05, 4.69) is 31.5 Å². The van der Waals surface area contributed by atoms with Crippen LogP contribution in [0.3, 0.4) is 0 Å². The van der Waals surface area contributed by atoms with Gasteiger partial charge in [-0.25, -0.2) is 4.98 Å². The summed E-state index contributed by atoms with van der Waals surface area (Å²) < 4.78 is 10.7. The minimum Gasteiger partial charge on any atom is -0.365 e. The third-order valence-electron chi connectivity index (χ3n) is 4.55. The Morgan fingerprint density at radius 3 is 2.47 bits per heavy atom. The summed E-state index contributed by atoms with van der Waals surface area (Å²) in [6.45, 7) is 10.3. The van der Waals surface area contributed by atoms with E-state index >= 15 is 0 Å². The number of thiazole rings is 1. The summed E-state index contributed by atoms with van der Waals surface area (Å²) in [6, 6.07) is 10.1. The van der Waals surface area contributed by atoms with E-state index in [0.29, 0.717) is 18.9 Å². The van der Waals surface area contributed by atoms with Crippen LogP contribution < -0.4 is 10.2 Å². The minimum atomic E-state index is 0.193. The maximum atomic E-state index is 10.8. The Hall–Kier alpha value is -2.52. The molecule has 1 N–H and O–H groups in total. The average molecular weight is 483 g/mol. The molecule has 1 unspecified atom stereocenters. The molecule has 1 fully saturated rings. The predicted molar refractivity (Wildman–Crippen MR) is 134 cm³/mol. The predicted octanol–water partition coefficient (Wildman–Crippen LogP) is 5.06. The maximum Gasteiger partial charge on any atom is 0.210 e. The number of nitrogens with zero attached hydrogens (tertiary/aromatic N) is 5. The first-order valence-electron chi connectivity index (χ1n) is 10.4. The molecule has 10 heteroatoms. The molecule has 1 aliphatic heterocycles. The zero-order valence-corrected chi connectivity index (χ0v) is 21.0. The van der Waals surface area contributed by atoms with Crippen LogP contribution in [0.2, 0.25) is 5.15 Å². The van der Waals surface area contributed by atoms with E-state index in [0.717, 1.165) is 41.5 Å². The second-order valence-electron chi connectivity index (χ2n) is 6.55. The van der Waals surface area contributed by atoms with Crippen molar-refractivity contribution in [2.45, 2.75) is 33.7 Å². The zero-order chi connectivity index (χ0) is 24.1. The molecule has 0 spiro atoms. The van der Waals surface area contributed by atoms with Gasteiger partial charge in [0.15, 0.2) is 16.1 Å². The van der Waals surface area contributed by atoms with Crippen LogP contribution >= 0.6 is 22.9 Å². The van der Waals surface area contributed by atoms with Crippen molar-refractivity contribution in [1.82, 2.24) is 20.1 Å². The van der Waals surface area contributed by atoms with Crippen molar-refractivity contribution in [3.05, 3.63) is 41.0 Å². The van der Waals surface area contributed by atoms with E-state index in [-0.39, 0.29) is 6.04 Å². The summed E-state index contributed by atoms with van der Waals surface area (Å²) in [5.41, 5.74) is 2.08. The summed E-state index contributed by atoms with van der Waals surface area (Å²) in [5.74, 6) is 0.854. The minimum absolute atomic E-state index is 0.193. The average Bonchev–Trinajstić information content (AvgIpc) is 3.26. The Kier molecular flexibility index (Phi) is 12.5. The van der Waals surface area contributed by atoms with Crippen molar-refractivity contribution in [2.75, 3.05) is 44.1 Å². The van der Waals surface area contributed by atoms with Gasteiger partial charge in [-0.15, -0.1) is 10.2 Å². The summed E-state index contributed by atoms with van der Waals surface area (Å²) in [4.78, 5) is 19.1. The Balaban J connectivity index is 0.000000294. The highest BCUT2D eigenvalue weighted by Crippen LogP contribution is 2.24. The number of aryl methyl sites for hydroxylation is 1. The van der Waals surface area contributed by atoms with Crippen LogP contribution in [0.1, 0.15) is 26.3 Å². The molecule has 0 aliphatic carbocycles. The van der Waals surface area contributed by atoms with Gasteiger partial charge in [0.2, 0.25) is 6.41 Å². The van der Waals surface area contributed by atoms with Crippen LogP contribution in [-0.2, 0) is 4.79 Å². The fourth-order valence-electron chi connectivity index (χ4n) is 3.06. The first kappa shape index (κ1) is 27.5. The highest BCUT2D eigenvalue weighted by Gasteiger charge is 2.24. The van der Waals surface area contributed by atoms with Crippen LogP contribution in [0, 0.1) is 6.92 Å². The number of nitrogens with one attached hydrogen (secondary N) is 1. The SMILES string of the molecule is CC.CF.CNc1nc2ccccc2s1.Cc1cc(Cl)nnc1N1CCN(C=O)C(C)C1. The number of hydrogen-bond donors (Lipinski definition) is 1. The summed E-state index contributed by atoms with van der Waals surface area (Å²) in [5, 5.41) is 12.4. The Bertz CT molecular complexity index is 924. The quantitative estimate of drug-likeness (QED) is 0.526. The van der Waals surface area contributed by atoms with Crippen LogP contribution in [0.4, 0.5) is 15.3 Å². The molecule has 2 aromatic heterocycles. The number of anilines is 2. The molecule has 3 heterocycles. The van der Waals surface area contributed by atoms with Gasteiger partial charge in [0.25, 0.3) is 0 Å². The van der Waals surface area contributed by atoms with E-state index < -0.39 is 0 Å². The summed E-state index contributed by atoms with van der Waals surface area (Å²) >= 11 is 7.46. The second kappa shape index (κ2) is 14.5. The lowest BCUT2D eigenvalue weighted by atomic mass is 10.2. The molecule has 1 saturated heterocycles. The first-order chi connectivity index (χ1) is 15.5. The fraction of sp³-hybridized carbons (Fsp3) is 0.455. The van der Waals surface area contributed by atoms with Gasteiger partial charge in [-0.3, -0.25) is 9.18 Å². The van der Waals surface area contributed by atoms with Crippen LogP contribution in [0.15, 0.2) is 30.3 Å². The smallest absolute Gasteiger partial charge is 0.210 e. The molecule has 0 radical (unpaired) electrons. The van der Waals surface area contributed by atoms with E-state index in [4.69, 9.17) is 11.6 Å². The Morgan fingerprint density at radius 1 is 1.22 bits per heavy atom. The van der Waals surface area contributed by atoms with Crippen molar-refractivity contribution in [3.63, 3.8) is 0 Å². The van der Waals surface area contributed by atoms with Gasteiger partial charge in [0.1, 0.15) is 0 Å². The van der Waals surface area contributed by atoms with E-state index in [9.17, 15) is 9.18 Å². The topological polar surface area (TPSA) is 74.2 Å². The number of carbonyl (C=O) groups is 1. The number of aromatic nitrogens is 3. The van der Waals surface area contributed by atoms with Gasteiger partial charge >= 0.3 is 0 Å². The van der Waals surface area contributed by atoms with Gasteiger partial charge in [-0.1, -0.05) is 48.9 Å². The van der Waals surface area contributed by atoms with Gasteiger partial charge in [0, 0.05) is 32.7 Å². The van der Waals surface area contributed by atoms with E-state index in [1.165, 1.54) is 4.70 Å². The number of benzene rings is 1. The van der Waals surface area contributed by atoms with Crippen LogP contribution in [0.25, 0.3) is 10.2 Å². The number of alkyl halides is 1. The Morgan fingerprint density at radius 2 is 1.91 bits per heavy atom. The third kappa shape index (κ3) is 7.56. The lowest BCUT2D eigenvalue weighted by Gasteiger charge is -2.38. The van der Waals surface area contributed by atoms with Gasteiger partial charge in [0.05, 0.1) is 17.4 Å². The summed E-state index contributed by atoms with van der Waals surface area (Å²) in [6.07, 6.45) is 0.905. The molecule has 0 saturated carbocycles. The molecule has 4 rings (SSSR count). The van der Waals surface area contributed by atoms with Crippen molar-refractivity contribution in [1.29, 1.82) is 0 Å². The molecular formula is C22H32ClFN6OS. The fourth-order valence-corrected chi connectivity index (χ4v) is 4.08. The highest BCUT2D eigenvalue weighted by atomic mass is 35.5. The normalized spacial score (nSPS) is 14.8. The first-order valence-corrected chi connectivity index (χ1v) is 11.6. The molecule has 3 aromatic rings. The van der Waals surface area contributed by atoms with Crippen LogP contribution in [-0.4, -0.2) is 66.4 Å².